The average Bonchev–Trinajstić information content (AvgIpc) is 3.01. The first-order valence-electron chi connectivity index (χ1n) is 5.23. The van der Waals surface area contributed by atoms with Crippen LogP contribution in [-0.2, 0) is 0 Å². The maximum Gasteiger partial charge on any atom is 0.335 e. The number of aryl methyl sites for hydroxylation is 1. The van der Waals surface area contributed by atoms with E-state index in [9.17, 15) is 9.59 Å². The van der Waals surface area contributed by atoms with E-state index in [1.165, 1.54) is 12.1 Å². The third kappa shape index (κ3) is 2.21. The van der Waals surface area contributed by atoms with Crippen LogP contribution in [0.1, 0.15) is 39.1 Å². The standard InChI is InChI=1S/C12H13NO3/c1-7-6-8(12(15)16)2-5-10(7)11(14)13-9-3-4-9/h2,5-6,9H,3-4H2,1H3,(H,13,14)(H,15,16). The molecule has 2 N–H and O–H groups in total. The number of rotatable bonds is 3. The molecule has 16 heavy (non-hydrogen) atoms. The Balaban J connectivity index is 2.20. The van der Waals surface area contributed by atoms with E-state index in [4.69, 9.17) is 5.11 Å². The van der Waals surface area contributed by atoms with Crippen LogP contribution in [0.2, 0.25) is 0 Å². The smallest absolute Gasteiger partial charge is 0.335 e. The number of aromatic carboxylic acids is 1. The highest BCUT2D eigenvalue weighted by Crippen LogP contribution is 2.20. The molecule has 0 aromatic heterocycles. The number of carbonyl (C=O) groups is 2. The normalized spacial score (nSPS) is 14.6. The summed E-state index contributed by atoms with van der Waals surface area (Å²) in [6.07, 6.45) is 2.08. The lowest BCUT2D eigenvalue weighted by molar-refractivity contribution is 0.0696. The number of carboxylic acids is 1. The molecule has 0 spiro atoms. The Morgan fingerprint density at radius 3 is 2.56 bits per heavy atom. The Morgan fingerprint density at radius 2 is 2.06 bits per heavy atom. The molecule has 1 saturated carbocycles. The highest BCUT2D eigenvalue weighted by atomic mass is 16.4. The van der Waals surface area contributed by atoms with Crippen molar-refractivity contribution in [1.82, 2.24) is 5.32 Å². The van der Waals surface area contributed by atoms with Gasteiger partial charge in [-0.05, 0) is 43.5 Å². The highest BCUT2D eigenvalue weighted by molar-refractivity contribution is 5.97. The van der Waals surface area contributed by atoms with Gasteiger partial charge < -0.3 is 10.4 Å². The van der Waals surface area contributed by atoms with E-state index >= 15 is 0 Å². The third-order valence-corrected chi connectivity index (χ3v) is 2.63. The van der Waals surface area contributed by atoms with Crippen LogP contribution in [0.5, 0.6) is 0 Å². The van der Waals surface area contributed by atoms with E-state index in [1.807, 2.05) is 0 Å². The van der Waals surface area contributed by atoms with Gasteiger partial charge in [0.1, 0.15) is 0 Å². The van der Waals surface area contributed by atoms with Gasteiger partial charge in [0.15, 0.2) is 0 Å². The number of nitrogens with one attached hydrogen (secondary N) is 1. The van der Waals surface area contributed by atoms with Crippen LogP contribution in [0.15, 0.2) is 18.2 Å². The van der Waals surface area contributed by atoms with Gasteiger partial charge in [-0.2, -0.15) is 0 Å². The minimum Gasteiger partial charge on any atom is -0.478 e. The lowest BCUT2D eigenvalue weighted by Gasteiger charge is -2.07. The summed E-state index contributed by atoms with van der Waals surface area (Å²) in [6.45, 7) is 1.74. The predicted molar refractivity (Wildman–Crippen MR) is 58.6 cm³/mol. The van der Waals surface area contributed by atoms with Crippen molar-refractivity contribution in [2.45, 2.75) is 25.8 Å². The van der Waals surface area contributed by atoms with Crippen molar-refractivity contribution in [3.8, 4) is 0 Å². The first-order chi connectivity index (χ1) is 7.58. The maximum atomic E-state index is 11.7. The van der Waals surface area contributed by atoms with E-state index in [1.54, 1.807) is 13.0 Å². The largest absolute Gasteiger partial charge is 0.478 e. The summed E-state index contributed by atoms with van der Waals surface area (Å²) in [5.74, 6) is -1.09. The van der Waals surface area contributed by atoms with Gasteiger partial charge >= 0.3 is 5.97 Å². The zero-order valence-corrected chi connectivity index (χ0v) is 8.99. The van der Waals surface area contributed by atoms with Crippen molar-refractivity contribution in [2.24, 2.45) is 0 Å². The SMILES string of the molecule is Cc1cc(C(=O)O)ccc1C(=O)NC1CC1. The molecule has 4 nitrogen and oxygen atoms in total. The molecule has 0 aliphatic heterocycles. The Kier molecular flexibility index (Phi) is 2.64. The minimum absolute atomic E-state index is 0.114. The fraction of sp³-hybridized carbons (Fsp3) is 0.333. The molecular formula is C12H13NO3. The van der Waals surface area contributed by atoms with Gasteiger partial charge in [-0.3, -0.25) is 4.79 Å². The summed E-state index contributed by atoms with van der Waals surface area (Å²) >= 11 is 0. The lowest BCUT2D eigenvalue weighted by atomic mass is 10.0. The van der Waals surface area contributed by atoms with Crippen LogP contribution in [0.4, 0.5) is 0 Å². The second-order valence-electron chi connectivity index (χ2n) is 4.08. The summed E-state index contributed by atoms with van der Waals surface area (Å²) in [5, 5.41) is 11.7. The fourth-order valence-corrected chi connectivity index (χ4v) is 1.54. The van der Waals surface area contributed by atoms with Crippen molar-refractivity contribution >= 4 is 11.9 Å². The summed E-state index contributed by atoms with van der Waals surface area (Å²) in [7, 11) is 0. The summed E-state index contributed by atoms with van der Waals surface area (Å²) in [6, 6.07) is 4.85. The molecule has 1 amide bonds. The topological polar surface area (TPSA) is 66.4 Å². The highest BCUT2D eigenvalue weighted by Gasteiger charge is 2.24. The maximum absolute atomic E-state index is 11.7. The summed E-state index contributed by atoms with van der Waals surface area (Å²) in [4.78, 5) is 22.5. The van der Waals surface area contributed by atoms with Gasteiger partial charge in [0, 0.05) is 11.6 Å². The zero-order valence-electron chi connectivity index (χ0n) is 8.99. The van der Waals surface area contributed by atoms with Gasteiger partial charge in [0.2, 0.25) is 0 Å². The van der Waals surface area contributed by atoms with Gasteiger partial charge in [-0.25, -0.2) is 4.79 Å². The molecule has 1 aromatic rings. The Bertz CT molecular complexity index is 450. The van der Waals surface area contributed by atoms with Crippen LogP contribution >= 0.6 is 0 Å². The molecule has 0 bridgehead atoms. The first kappa shape index (κ1) is 10.7. The number of hydrogen-bond acceptors (Lipinski definition) is 2. The number of hydrogen-bond donors (Lipinski definition) is 2. The molecule has 1 aromatic carbocycles. The van der Waals surface area contributed by atoms with Crippen molar-refractivity contribution in [1.29, 1.82) is 0 Å². The van der Waals surface area contributed by atoms with Crippen LogP contribution in [0, 0.1) is 6.92 Å². The lowest BCUT2D eigenvalue weighted by Crippen LogP contribution is -2.26. The van der Waals surface area contributed by atoms with E-state index < -0.39 is 5.97 Å². The number of carboxylic acid groups (broad SMARTS) is 1. The predicted octanol–water partition coefficient (Wildman–Crippen LogP) is 1.59. The minimum atomic E-state index is -0.975. The molecular weight excluding hydrogens is 206 g/mol. The second-order valence-corrected chi connectivity index (χ2v) is 4.08. The van der Waals surface area contributed by atoms with Gasteiger partial charge in [-0.1, -0.05) is 0 Å². The molecule has 0 heterocycles. The Labute approximate surface area is 93.3 Å². The number of benzene rings is 1. The molecule has 4 heteroatoms. The quantitative estimate of drug-likeness (QED) is 0.811. The van der Waals surface area contributed by atoms with Gasteiger partial charge in [0.05, 0.1) is 5.56 Å². The molecule has 1 aliphatic rings. The van der Waals surface area contributed by atoms with Crippen molar-refractivity contribution in [3.05, 3.63) is 34.9 Å². The molecule has 1 aliphatic carbocycles. The van der Waals surface area contributed by atoms with Crippen LogP contribution < -0.4 is 5.32 Å². The van der Waals surface area contributed by atoms with Gasteiger partial charge in [0.25, 0.3) is 5.91 Å². The first-order valence-corrected chi connectivity index (χ1v) is 5.23. The fourth-order valence-electron chi connectivity index (χ4n) is 1.54. The summed E-state index contributed by atoms with van der Waals surface area (Å²) < 4.78 is 0. The summed E-state index contributed by atoms with van der Waals surface area (Å²) in [5.41, 5.74) is 1.45. The molecule has 0 unspecified atom stereocenters. The molecule has 0 saturated heterocycles. The zero-order chi connectivity index (χ0) is 11.7. The van der Waals surface area contributed by atoms with E-state index in [-0.39, 0.29) is 11.5 Å². The monoisotopic (exact) mass is 219 g/mol. The Hall–Kier alpha value is -1.84. The van der Waals surface area contributed by atoms with Crippen molar-refractivity contribution < 1.29 is 14.7 Å². The molecule has 0 atom stereocenters. The van der Waals surface area contributed by atoms with Crippen LogP contribution in [-0.4, -0.2) is 23.0 Å². The van der Waals surface area contributed by atoms with Crippen molar-refractivity contribution in [2.75, 3.05) is 0 Å². The Morgan fingerprint density at radius 1 is 1.38 bits per heavy atom. The van der Waals surface area contributed by atoms with Crippen LogP contribution in [0.25, 0.3) is 0 Å². The van der Waals surface area contributed by atoms with Crippen molar-refractivity contribution in [3.63, 3.8) is 0 Å². The molecule has 2 rings (SSSR count). The number of amides is 1. The molecule has 1 fully saturated rings. The van der Waals surface area contributed by atoms with Crippen LogP contribution in [0.3, 0.4) is 0 Å². The second kappa shape index (κ2) is 3.96. The van der Waals surface area contributed by atoms with E-state index in [2.05, 4.69) is 5.32 Å². The van der Waals surface area contributed by atoms with Gasteiger partial charge in [-0.15, -0.1) is 0 Å². The third-order valence-electron chi connectivity index (χ3n) is 2.63. The number of carbonyl (C=O) groups excluding carboxylic acids is 1. The van der Waals surface area contributed by atoms with E-state index in [0.29, 0.717) is 17.2 Å². The van der Waals surface area contributed by atoms with E-state index in [0.717, 1.165) is 12.8 Å². The average molecular weight is 219 g/mol. The molecule has 84 valence electrons. The molecule has 0 radical (unpaired) electrons.